The highest BCUT2D eigenvalue weighted by Crippen LogP contribution is 2.20. The number of nitrogens with zero attached hydrogens (tertiary/aromatic N) is 3. The van der Waals surface area contributed by atoms with Crippen LogP contribution in [0.5, 0.6) is 5.75 Å². The molecule has 0 atom stereocenters. The molecule has 0 aliphatic carbocycles. The van der Waals surface area contributed by atoms with E-state index in [0.717, 1.165) is 5.69 Å². The van der Waals surface area contributed by atoms with Crippen molar-refractivity contribution in [2.75, 3.05) is 39.8 Å². The van der Waals surface area contributed by atoms with Crippen LogP contribution in [-0.4, -0.2) is 74.3 Å². The average molecular weight is 433 g/mol. The van der Waals surface area contributed by atoms with E-state index in [4.69, 9.17) is 4.74 Å². The standard InChI is InChI=1S/C20H24N4O5S/c1-29-17-5-7-18(8-6-17)30(27,28)24-14-12-23(13-15-24)20(26)19(25)22-11-9-16-4-2-3-10-21-16/h2-8,10H,9,11-15H2,1H3,(H,22,25). The number of aromatic nitrogens is 1. The molecule has 9 nitrogen and oxygen atoms in total. The lowest BCUT2D eigenvalue weighted by Crippen LogP contribution is -2.53. The Bertz CT molecular complexity index is 972. The van der Waals surface area contributed by atoms with Crippen molar-refractivity contribution in [2.45, 2.75) is 11.3 Å². The first-order valence-corrected chi connectivity index (χ1v) is 11.0. The molecule has 1 aliphatic rings. The second-order valence-electron chi connectivity index (χ2n) is 6.70. The molecule has 1 saturated heterocycles. The second-order valence-corrected chi connectivity index (χ2v) is 8.64. The molecule has 0 bridgehead atoms. The molecule has 160 valence electrons. The number of piperazine rings is 1. The number of amides is 2. The summed E-state index contributed by atoms with van der Waals surface area (Å²) in [5, 5.41) is 2.59. The first-order chi connectivity index (χ1) is 14.4. The van der Waals surface area contributed by atoms with Gasteiger partial charge in [0.2, 0.25) is 10.0 Å². The molecule has 1 aromatic carbocycles. The molecule has 0 saturated carbocycles. The van der Waals surface area contributed by atoms with Crippen LogP contribution in [0.4, 0.5) is 0 Å². The number of hydrogen-bond donors (Lipinski definition) is 1. The summed E-state index contributed by atoms with van der Waals surface area (Å²) < 4.78 is 31.9. The van der Waals surface area contributed by atoms with Crippen molar-refractivity contribution in [1.82, 2.24) is 19.5 Å². The number of hydrogen-bond acceptors (Lipinski definition) is 6. The monoisotopic (exact) mass is 432 g/mol. The van der Waals surface area contributed by atoms with Crippen LogP contribution in [0.15, 0.2) is 53.6 Å². The number of carbonyl (C=O) groups is 2. The number of benzene rings is 1. The molecule has 30 heavy (non-hydrogen) atoms. The molecule has 2 aromatic rings. The summed E-state index contributed by atoms with van der Waals surface area (Å²) in [4.78, 5) is 30.2. The molecule has 0 unspecified atom stereocenters. The van der Waals surface area contributed by atoms with Gasteiger partial charge in [-0.15, -0.1) is 0 Å². The van der Waals surface area contributed by atoms with E-state index in [1.807, 2.05) is 12.1 Å². The molecule has 3 rings (SSSR count). The zero-order chi connectivity index (χ0) is 21.6. The maximum Gasteiger partial charge on any atom is 0.311 e. The van der Waals surface area contributed by atoms with E-state index in [9.17, 15) is 18.0 Å². The summed E-state index contributed by atoms with van der Waals surface area (Å²) in [7, 11) is -2.16. The Labute approximate surface area is 175 Å². The Morgan fingerprint density at radius 1 is 1.07 bits per heavy atom. The predicted octanol–water partition coefficient (Wildman–Crippen LogP) is 0.282. The van der Waals surface area contributed by atoms with Gasteiger partial charge in [0, 0.05) is 51.0 Å². The molecule has 0 radical (unpaired) electrons. The van der Waals surface area contributed by atoms with Crippen LogP contribution in [-0.2, 0) is 26.0 Å². The molecule has 1 aliphatic heterocycles. The van der Waals surface area contributed by atoms with Crippen LogP contribution in [0.1, 0.15) is 5.69 Å². The van der Waals surface area contributed by atoms with Gasteiger partial charge >= 0.3 is 11.8 Å². The number of nitrogens with one attached hydrogen (secondary N) is 1. The van der Waals surface area contributed by atoms with Crippen LogP contribution in [0.3, 0.4) is 0 Å². The van der Waals surface area contributed by atoms with E-state index >= 15 is 0 Å². The molecule has 1 aromatic heterocycles. The van der Waals surface area contributed by atoms with E-state index < -0.39 is 21.8 Å². The van der Waals surface area contributed by atoms with Gasteiger partial charge in [0.15, 0.2) is 0 Å². The van der Waals surface area contributed by atoms with Gasteiger partial charge in [0.1, 0.15) is 5.75 Å². The van der Waals surface area contributed by atoms with Gasteiger partial charge in [0.25, 0.3) is 0 Å². The maximum atomic E-state index is 12.8. The van der Waals surface area contributed by atoms with Gasteiger partial charge in [-0.05, 0) is 36.4 Å². The van der Waals surface area contributed by atoms with Crippen LogP contribution in [0, 0.1) is 0 Å². The largest absolute Gasteiger partial charge is 0.497 e. The number of sulfonamides is 1. The van der Waals surface area contributed by atoms with Crippen LogP contribution in [0.2, 0.25) is 0 Å². The minimum Gasteiger partial charge on any atom is -0.497 e. The van der Waals surface area contributed by atoms with Crippen molar-refractivity contribution in [3.63, 3.8) is 0 Å². The highest BCUT2D eigenvalue weighted by molar-refractivity contribution is 7.89. The maximum absolute atomic E-state index is 12.8. The fraction of sp³-hybridized carbons (Fsp3) is 0.350. The minimum atomic E-state index is -3.67. The highest BCUT2D eigenvalue weighted by atomic mass is 32.2. The van der Waals surface area contributed by atoms with Crippen molar-refractivity contribution in [3.05, 3.63) is 54.4 Å². The van der Waals surface area contributed by atoms with Crippen LogP contribution < -0.4 is 10.1 Å². The Kier molecular flexibility index (Phi) is 7.01. The quantitative estimate of drug-likeness (QED) is 0.657. The summed E-state index contributed by atoms with van der Waals surface area (Å²) in [6, 6.07) is 11.6. The molecular weight excluding hydrogens is 408 g/mol. The van der Waals surface area contributed by atoms with Crippen LogP contribution in [0.25, 0.3) is 0 Å². The first-order valence-electron chi connectivity index (χ1n) is 9.53. The fourth-order valence-electron chi connectivity index (χ4n) is 3.10. The van der Waals surface area contributed by atoms with Crippen LogP contribution >= 0.6 is 0 Å². The third-order valence-electron chi connectivity index (χ3n) is 4.81. The molecule has 1 fully saturated rings. The third kappa shape index (κ3) is 5.14. The topological polar surface area (TPSA) is 109 Å². The Morgan fingerprint density at radius 3 is 2.37 bits per heavy atom. The molecular formula is C20H24N4O5S. The number of pyridine rings is 1. The fourth-order valence-corrected chi connectivity index (χ4v) is 4.52. The van der Waals surface area contributed by atoms with Crippen molar-refractivity contribution < 1.29 is 22.7 Å². The first kappa shape index (κ1) is 21.7. The summed E-state index contributed by atoms with van der Waals surface area (Å²) >= 11 is 0. The SMILES string of the molecule is COc1ccc(S(=O)(=O)N2CCN(C(=O)C(=O)NCCc3ccccn3)CC2)cc1. The molecule has 0 spiro atoms. The van der Waals surface area contributed by atoms with Crippen molar-refractivity contribution >= 4 is 21.8 Å². The van der Waals surface area contributed by atoms with Gasteiger partial charge in [-0.3, -0.25) is 14.6 Å². The van der Waals surface area contributed by atoms with Gasteiger partial charge < -0.3 is 15.0 Å². The molecule has 10 heteroatoms. The van der Waals surface area contributed by atoms with Crippen molar-refractivity contribution in [3.8, 4) is 5.75 Å². The van der Waals surface area contributed by atoms with Gasteiger partial charge in [-0.25, -0.2) is 8.42 Å². The normalized spacial score (nSPS) is 14.9. The van der Waals surface area contributed by atoms with Crippen molar-refractivity contribution in [2.24, 2.45) is 0 Å². The Balaban J connectivity index is 1.50. The van der Waals surface area contributed by atoms with Gasteiger partial charge in [-0.2, -0.15) is 4.31 Å². The zero-order valence-corrected chi connectivity index (χ0v) is 17.5. The Hall–Kier alpha value is -2.98. The number of methoxy groups -OCH3 is 1. The van der Waals surface area contributed by atoms with E-state index in [-0.39, 0.29) is 31.1 Å². The lowest BCUT2D eigenvalue weighted by Gasteiger charge is -2.33. The van der Waals surface area contributed by atoms with Gasteiger partial charge in [0.05, 0.1) is 12.0 Å². The summed E-state index contributed by atoms with van der Waals surface area (Å²) in [5.41, 5.74) is 0.822. The predicted molar refractivity (Wildman–Crippen MR) is 109 cm³/mol. The molecule has 1 N–H and O–H groups in total. The highest BCUT2D eigenvalue weighted by Gasteiger charge is 2.32. The summed E-state index contributed by atoms with van der Waals surface area (Å²) in [6.45, 7) is 0.861. The minimum absolute atomic E-state index is 0.126. The van der Waals surface area contributed by atoms with Gasteiger partial charge in [-0.1, -0.05) is 6.07 Å². The number of rotatable bonds is 6. The summed E-state index contributed by atoms with van der Waals surface area (Å²) in [5.74, 6) is -0.784. The number of ether oxygens (including phenoxy) is 1. The lowest BCUT2D eigenvalue weighted by atomic mass is 10.2. The van der Waals surface area contributed by atoms with E-state index in [0.29, 0.717) is 18.7 Å². The van der Waals surface area contributed by atoms with Crippen molar-refractivity contribution in [1.29, 1.82) is 0 Å². The zero-order valence-electron chi connectivity index (χ0n) is 16.7. The smallest absolute Gasteiger partial charge is 0.311 e. The second kappa shape index (κ2) is 9.68. The van der Waals surface area contributed by atoms with E-state index in [1.165, 1.54) is 28.4 Å². The summed E-state index contributed by atoms with van der Waals surface area (Å²) in [6.07, 6.45) is 2.19. The molecule has 2 amide bonds. The van der Waals surface area contributed by atoms with E-state index in [2.05, 4.69) is 10.3 Å². The average Bonchev–Trinajstić information content (AvgIpc) is 2.79. The lowest BCUT2D eigenvalue weighted by molar-refractivity contribution is -0.146. The number of carbonyl (C=O) groups excluding carboxylic acids is 2. The Morgan fingerprint density at radius 2 is 1.77 bits per heavy atom. The molecule has 2 heterocycles. The van der Waals surface area contributed by atoms with E-state index in [1.54, 1.807) is 24.4 Å². The third-order valence-corrected chi connectivity index (χ3v) is 6.72.